The number of hydrogen-bond donors (Lipinski definition) is 2. The molecule has 19 heavy (non-hydrogen) atoms. The standard InChI is InChI=1S/C14H25N3OS/c1-10-11(2)19-14(17-10)16-8-3-9-18-13-6-4-12(15)5-7-13/h12-13H,3-9,15H2,1-2H3,(H,16,17). The van der Waals surface area contributed by atoms with Gasteiger partial charge in [0.25, 0.3) is 0 Å². The zero-order valence-corrected chi connectivity index (χ0v) is 12.8. The number of rotatable bonds is 6. The first kappa shape index (κ1) is 14.8. The minimum atomic E-state index is 0.401. The first-order chi connectivity index (χ1) is 9.15. The number of thiazole rings is 1. The molecule has 0 aliphatic heterocycles. The summed E-state index contributed by atoms with van der Waals surface area (Å²) in [7, 11) is 0. The highest BCUT2D eigenvalue weighted by atomic mass is 32.1. The molecule has 1 aliphatic carbocycles. The molecule has 4 nitrogen and oxygen atoms in total. The van der Waals surface area contributed by atoms with Crippen molar-refractivity contribution >= 4 is 16.5 Å². The molecule has 1 aromatic heterocycles. The Bertz CT molecular complexity index is 367. The average molecular weight is 283 g/mol. The first-order valence-corrected chi connectivity index (χ1v) is 8.02. The predicted molar refractivity (Wildman–Crippen MR) is 80.9 cm³/mol. The molecule has 0 atom stereocenters. The van der Waals surface area contributed by atoms with Gasteiger partial charge in [0.15, 0.2) is 5.13 Å². The lowest BCUT2D eigenvalue weighted by molar-refractivity contribution is 0.0251. The molecule has 1 heterocycles. The minimum absolute atomic E-state index is 0.401. The van der Waals surface area contributed by atoms with Crippen LogP contribution in [0.2, 0.25) is 0 Å². The zero-order valence-electron chi connectivity index (χ0n) is 11.9. The Labute approximate surface area is 119 Å². The second-order valence-corrected chi connectivity index (χ2v) is 6.55. The molecule has 0 amide bonds. The number of aromatic nitrogens is 1. The molecule has 0 radical (unpaired) electrons. The molecule has 0 unspecified atom stereocenters. The highest BCUT2D eigenvalue weighted by Gasteiger charge is 2.18. The molecule has 0 aromatic carbocycles. The number of hydrogen-bond acceptors (Lipinski definition) is 5. The Hall–Kier alpha value is -0.650. The molecular formula is C14H25N3OS. The van der Waals surface area contributed by atoms with E-state index >= 15 is 0 Å². The van der Waals surface area contributed by atoms with Crippen molar-refractivity contribution in [3.8, 4) is 0 Å². The van der Waals surface area contributed by atoms with Crippen LogP contribution in [0.5, 0.6) is 0 Å². The fourth-order valence-electron chi connectivity index (χ4n) is 2.32. The first-order valence-electron chi connectivity index (χ1n) is 7.20. The third kappa shape index (κ3) is 4.75. The number of nitrogens with two attached hydrogens (primary N) is 1. The van der Waals surface area contributed by atoms with Crippen LogP contribution in [-0.2, 0) is 4.74 Å². The van der Waals surface area contributed by atoms with Crippen LogP contribution in [0, 0.1) is 13.8 Å². The van der Waals surface area contributed by atoms with E-state index in [1.165, 1.54) is 4.88 Å². The molecule has 1 saturated carbocycles. The van der Waals surface area contributed by atoms with Gasteiger partial charge < -0.3 is 15.8 Å². The van der Waals surface area contributed by atoms with Gasteiger partial charge in [0.05, 0.1) is 11.8 Å². The Morgan fingerprint density at radius 1 is 1.32 bits per heavy atom. The fraction of sp³-hybridized carbons (Fsp3) is 0.786. The van der Waals surface area contributed by atoms with E-state index in [4.69, 9.17) is 10.5 Å². The fourth-order valence-corrected chi connectivity index (χ4v) is 3.16. The van der Waals surface area contributed by atoms with E-state index in [-0.39, 0.29) is 0 Å². The van der Waals surface area contributed by atoms with Crippen molar-refractivity contribution in [2.24, 2.45) is 5.73 Å². The molecule has 2 rings (SSSR count). The third-order valence-electron chi connectivity index (χ3n) is 3.70. The molecule has 1 aromatic rings. The van der Waals surface area contributed by atoms with E-state index in [0.717, 1.165) is 56.1 Å². The van der Waals surface area contributed by atoms with E-state index in [9.17, 15) is 0 Å². The summed E-state index contributed by atoms with van der Waals surface area (Å²) in [6.45, 7) is 5.91. The van der Waals surface area contributed by atoms with E-state index in [1.54, 1.807) is 11.3 Å². The average Bonchev–Trinajstić information content (AvgIpc) is 2.71. The summed E-state index contributed by atoms with van der Waals surface area (Å²) in [6, 6.07) is 0.401. The molecule has 0 bridgehead atoms. The molecule has 1 fully saturated rings. The summed E-state index contributed by atoms with van der Waals surface area (Å²) in [5.41, 5.74) is 7.01. The van der Waals surface area contributed by atoms with Gasteiger partial charge in [0, 0.05) is 24.1 Å². The van der Waals surface area contributed by atoms with Crippen LogP contribution < -0.4 is 11.1 Å². The Balaban J connectivity index is 1.55. The van der Waals surface area contributed by atoms with Gasteiger partial charge in [-0.15, -0.1) is 11.3 Å². The van der Waals surface area contributed by atoms with Gasteiger partial charge in [0.1, 0.15) is 0 Å². The number of nitrogens with one attached hydrogen (secondary N) is 1. The van der Waals surface area contributed by atoms with Crippen LogP contribution in [0.25, 0.3) is 0 Å². The third-order valence-corrected chi connectivity index (χ3v) is 4.73. The van der Waals surface area contributed by atoms with E-state index < -0.39 is 0 Å². The van der Waals surface area contributed by atoms with Crippen LogP contribution >= 0.6 is 11.3 Å². The van der Waals surface area contributed by atoms with E-state index in [2.05, 4.69) is 17.2 Å². The Kier molecular flexibility index (Phi) is 5.60. The molecule has 0 spiro atoms. The molecule has 1 aliphatic rings. The summed E-state index contributed by atoms with van der Waals surface area (Å²) in [5.74, 6) is 0. The van der Waals surface area contributed by atoms with Crippen molar-refractivity contribution in [2.45, 2.75) is 58.1 Å². The summed E-state index contributed by atoms with van der Waals surface area (Å²) in [6.07, 6.45) is 5.93. The van der Waals surface area contributed by atoms with Gasteiger partial charge in [-0.05, 0) is 46.0 Å². The largest absolute Gasteiger partial charge is 0.378 e. The molecule has 5 heteroatoms. The number of ether oxygens (including phenoxy) is 1. The highest BCUT2D eigenvalue weighted by molar-refractivity contribution is 7.15. The maximum atomic E-state index is 5.89. The summed E-state index contributed by atoms with van der Waals surface area (Å²) < 4.78 is 5.89. The molecule has 3 N–H and O–H groups in total. The van der Waals surface area contributed by atoms with E-state index in [1.807, 2.05) is 6.92 Å². The zero-order chi connectivity index (χ0) is 13.7. The van der Waals surface area contributed by atoms with Crippen molar-refractivity contribution in [3.63, 3.8) is 0 Å². The van der Waals surface area contributed by atoms with Gasteiger partial charge in [0.2, 0.25) is 0 Å². The summed E-state index contributed by atoms with van der Waals surface area (Å²) >= 11 is 1.72. The Morgan fingerprint density at radius 2 is 2.05 bits per heavy atom. The normalized spacial score (nSPS) is 23.5. The lowest BCUT2D eigenvalue weighted by Crippen LogP contribution is -2.30. The second-order valence-electron chi connectivity index (χ2n) is 5.35. The summed E-state index contributed by atoms with van der Waals surface area (Å²) in [5, 5.41) is 4.39. The van der Waals surface area contributed by atoms with Crippen LogP contribution in [0.4, 0.5) is 5.13 Å². The van der Waals surface area contributed by atoms with Crippen LogP contribution in [0.3, 0.4) is 0 Å². The van der Waals surface area contributed by atoms with Gasteiger partial charge in [-0.3, -0.25) is 0 Å². The van der Waals surface area contributed by atoms with Crippen molar-refractivity contribution in [1.29, 1.82) is 0 Å². The number of nitrogens with zero attached hydrogens (tertiary/aromatic N) is 1. The smallest absolute Gasteiger partial charge is 0.183 e. The van der Waals surface area contributed by atoms with Crippen molar-refractivity contribution < 1.29 is 4.74 Å². The van der Waals surface area contributed by atoms with Gasteiger partial charge >= 0.3 is 0 Å². The highest BCUT2D eigenvalue weighted by Crippen LogP contribution is 2.21. The van der Waals surface area contributed by atoms with Crippen LogP contribution in [0.1, 0.15) is 42.7 Å². The maximum Gasteiger partial charge on any atom is 0.183 e. The molecule has 0 saturated heterocycles. The number of anilines is 1. The number of aryl methyl sites for hydroxylation is 2. The topological polar surface area (TPSA) is 60.2 Å². The van der Waals surface area contributed by atoms with Crippen molar-refractivity contribution in [3.05, 3.63) is 10.6 Å². The van der Waals surface area contributed by atoms with Crippen LogP contribution in [0.15, 0.2) is 0 Å². The van der Waals surface area contributed by atoms with E-state index in [0.29, 0.717) is 12.1 Å². The molecule has 108 valence electrons. The second kappa shape index (κ2) is 7.22. The summed E-state index contributed by atoms with van der Waals surface area (Å²) in [4.78, 5) is 5.75. The predicted octanol–water partition coefficient (Wildman–Crippen LogP) is 2.85. The maximum absolute atomic E-state index is 5.89. The van der Waals surface area contributed by atoms with Gasteiger partial charge in [-0.1, -0.05) is 0 Å². The lowest BCUT2D eigenvalue weighted by atomic mass is 9.94. The quantitative estimate of drug-likeness (QED) is 0.788. The molecular weight excluding hydrogens is 258 g/mol. The van der Waals surface area contributed by atoms with Crippen LogP contribution in [-0.4, -0.2) is 30.3 Å². The SMILES string of the molecule is Cc1nc(NCCCOC2CCC(N)CC2)sc1C. The monoisotopic (exact) mass is 283 g/mol. The van der Waals surface area contributed by atoms with Crippen molar-refractivity contribution in [1.82, 2.24) is 4.98 Å². The van der Waals surface area contributed by atoms with Gasteiger partial charge in [-0.25, -0.2) is 4.98 Å². The lowest BCUT2D eigenvalue weighted by Gasteiger charge is -2.26. The Morgan fingerprint density at radius 3 is 2.68 bits per heavy atom. The minimum Gasteiger partial charge on any atom is -0.378 e. The van der Waals surface area contributed by atoms with Gasteiger partial charge in [-0.2, -0.15) is 0 Å². The van der Waals surface area contributed by atoms with Crippen molar-refractivity contribution in [2.75, 3.05) is 18.5 Å².